The van der Waals surface area contributed by atoms with Crippen LogP contribution in [0.4, 0.5) is 0 Å². The second-order valence-corrected chi connectivity index (χ2v) is 5.67. The molecule has 0 saturated carbocycles. The minimum absolute atomic E-state index is 0.510. The van der Waals surface area contributed by atoms with Crippen LogP contribution >= 0.6 is 0 Å². The molecule has 0 saturated heterocycles. The quantitative estimate of drug-likeness (QED) is 0.552. The minimum atomic E-state index is 0.510. The molecule has 0 bridgehead atoms. The van der Waals surface area contributed by atoms with Crippen molar-refractivity contribution in [2.75, 3.05) is 13.2 Å². The summed E-state index contributed by atoms with van der Waals surface area (Å²) in [5, 5.41) is 0. The van der Waals surface area contributed by atoms with Crippen LogP contribution in [-0.4, -0.2) is 13.2 Å². The molecule has 2 aromatic rings. The largest absolute Gasteiger partial charge is 0.485 e. The van der Waals surface area contributed by atoms with E-state index in [-0.39, 0.29) is 0 Å². The molecular weight excluding hydrogens is 312 g/mol. The van der Waals surface area contributed by atoms with Gasteiger partial charge in [0.05, 0.1) is 0 Å². The SMILES string of the molecule is CC=CCOc1c(C)cccc1Oc1cccc(C)c1OCC=CC. The molecule has 0 spiro atoms. The molecule has 0 aliphatic rings. The Morgan fingerprint density at radius 2 is 1.16 bits per heavy atom. The highest BCUT2D eigenvalue weighted by Crippen LogP contribution is 2.39. The van der Waals surface area contributed by atoms with Gasteiger partial charge in [0, 0.05) is 0 Å². The number of rotatable bonds is 8. The van der Waals surface area contributed by atoms with E-state index in [4.69, 9.17) is 14.2 Å². The fourth-order valence-electron chi connectivity index (χ4n) is 2.36. The predicted octanol–water partition coefficient (Wildman–Crippen LogP) is 6.01. The highest BCUT2D eigenvalue weighted by Gasteiger charge is 2.13. The van der Waals surface area contributed by atoms with Gasteiger partial charge in [-0.05, 0) is 51.0 Å². The Morgan fingerprint density at radius 1 is 0.720 bits per heavy atom. The summed E-state index contributed by atoms with van der Waals surface area (Å²) in [4.78, 5) is 0. The normalized spacial score (nSPS) is 11.2. The Kier molecular flexibility index (Phi) is 7.15. The molecule has 0 unspecified atom stereocenters. The number of benzene rings is 2. The summed E-state index contributed by atoms with van der Waals surface area (Å²) in [6.45, 7) is 8.99. The molecule has 3 heteroatoms. The lowest BCUT2D eigenvalue weighted by atomic mass is 10.2. The zero-order valence-corrected chi connectivity index (χ0v) is 15.4. The molecule has 132 valence electrons. The molecule has 0 aromatic heterocycles. The van der Waals surface area contributed by atoms with Gasteiger partial charge >= 0.3 is 0 Å². The van der Waals surface area contributed by atoms with Gasteiger partial charge in [0.15, 0.2) is 23.0 Å². The van der Waals surface area contributed by atoms with E-state index in [0.717, 1.165) is 22.6 Å². The molecule has 2 rings (SSSR count). The lowest BCUT2D eigenvalue weighted by Crippen LogP contribution is -2.01. The van der Waals surface area contributed by atoms with E-state index >= 15 is 0 Å². The number of hydrogen-bond acceptors (Lipinski definition) is 3. The monoisotopic (exact) mass is 338 g/mol. The average molecular weight is 338 g/mol. The summed E-state index contributed by atoms with van der Waals surface area (Å²) in [7, 11) is 0. The van der Waals surface area contributed by atoms with Gasteiger partial charge in [-0.1, -0.05) is 48.6 Å². The van der Waals surface area contributed by atoms with Crippen molar-refractivity contribution in [2.24, 2.45) is 0 Å². The molecule has 0 fully saturated rings. The summed E-state index contributed by atoms with van der Waals surface area (Å²) in [6.07, 6.45) is 7.86. The second-order valence-electron chi connectivity index (χ2n) is 5.67. The van der Waals surface area contributed by atoms with E-state index < -0.39 is 0 Å². The Bertz CT molecular complexity index is 681. The molecular formula is C22H26O3. The Morgan fingerprint density at radius 3 is 1.56 bits per heavy atom. The van der Waals surface area contributed by atoms with Crippen LogP contribution in [0.25, 0.3) is 0 Å². The molecule has 0 amide bonds. The number of para-hydroxylation sites is 2. The average Bonchev–Trinajstić information content (AvgIpc) is 2.60. The van der Waals surface area contributed by atoms with E-state index in [9.17, 15) is 0 Å². The van der Waals surface area contributed by atoms with Gasteiger partial charge in [-0.3, -0.25) is 0 Å². The number of hydrogen-bond donors (Lipinski definition) is 0. The molecule has 0 atom stereocenters. The first-order chi connectivity index (χ1) is 12.2. The van der Waals surface area contributed by atoms with Gasteiger partial charge in [-0.2, -0.15) is 0 Å². The Hall–Kier alpha value is -2.68. The third-order valence-electron chi connectivity index (χ3n) is 3.69. The van der Waals surface area contributed by atoms with Crippen molar-refractivity contribution in [3.63, 3.8) is 0 Å². The third-order valence-corrected chi connectivity index (χ3v) is 3.69. The number of allylic oxidation sites excluding steroid dienone is 2. The van der Waals surface area contributed by atoms with Crippen molar-refractivity contribution in [1.29, 1.82) is 0 Å². The number of ether oxygens (including phenoxy) is 3. The zero-order valence-electron chi connectivity index (χ0n) is 15.4. The van der Waals surface area contributed by atoms with Crippen LogP contribution in [0.5, 0.6) is 23.0 Å². The summed E-state index contributed by atoms with van der Waals surface area (Å²) in [6, 6.07) is 11.8. The summed E-state index contributed by atoms with van der Waals surface area (Å²) >= 11 is 0. The molecule has 0 N–H and O–H groups in total. The highest BCUT2D eigenvalue weighted by molar-refractivity contribution is 5.52. The van der Waals surface area contributed by atoms with Crippen molar-refractivity contribution in [3.8, 4) is 23.0 Å². The van der Waals surface area contributed by atoms with Gasteiger partial charge in [0.1, 0.15) is 13.2 Å². The molecule has 0 radical (unpaired) electrons. The van der Waals surface area contributed by atoms with E-state index in [2.05, 4.69) is 0 Å². The first-order valence-electron chi connectivity index (χ1n) is 8.52. The molecule has 25 heavy (non-hydrogen) atoms. The van der Waals surface area contributed by atoms with Crippen molar-refractivity contribution in [1.82, 2.24) is 0 Å². The van der Waals surface area contributed by atoms with Crippen molar-refractivity contribution < 1.29 is 14.2 Å². The molecule has 0 aliphatic heterocycles. The molecule has 3 nitrogen and oxygen atoms in total. The minimum Gasteiger partial charge on any atom is -0.485 e. The van der Waals surface area contributed by atoms with E-state index in [1.54, 1.807) is 0 Å². The molecule has 0 heterocycles. The maximum absolute atomic E-state index is 6.17. The van der Waals surface area contributed by atoms with Crippen molar-refractivity contribution >= 4 is 0 Å². The van der Waals surface area contributed by atoms with E-state index in [1.807, 2.05) is 88.4 Å². The van der Waals surface area contributed by atoms with E-state index in [1.165, 1.54) is 0 Å². The van der Waals surface area contributed by atoms with Crippen LogP contribution in [-0.2, 0) is 0 Å². The van der Waals surface area contributed by atoms with Crippen molar-refractivity contribution in [2.45, 2.75) is 27.7 Å². The Labute approximate surface area is 150 Å². The van der Waals surface area contributed by atoms with Crippen LogP contribution in [0.15, 0.2) is 60.7 Å². The summed E-state index contributed by atoms with van der Waals surface area (Å²) < 4.78 is 17.9. The van der Waals surface area contributed by atoms with Crippen LogP contribution in [0.2, 0.25) is 0 Å². The first kappa shape index (κ1) is 18.7. The lowest BCUT2D eigenvalue weighted by molar-refractivity contribution is 0.319. The summed E-state index contributed by atoms with van der Waals surface area (Å²) in [5.74, 6) is 2.87. The predicted molar refractivity (Wildman–Crippen MR) is 103 cm³/mol. The van der Waals surface area contributed by atoms with E-state index in [0.29, 0.717) is 24.7 Å². The third kappa shape index (κ3) is 5.15. The molecule has 2 aromatic carbocycles. The lowest BCUT2D eigenvalue weighted by Gasteiger charge is -2.17. The van der Waals surface area contributed by atoms with Crippen LogP contribution < -0.4 is 14.2 Å². The zero-order chi connectivity index (χ0) is 18.1. The van der Waals surface area contributed by atoms with Gasteiger partial charge in [0.25, 0.3) is 0 Å². The van der Waals surface area contributed by atoms with Gasteiger partial charge in [-0.25, -0.2) is 0 Å². The van der Waals surface area contributed by atoms with Gasteiger partial charge in [-0.15, -0.1) is 0 Å². The maximum atomic E-state index is 6.17. The fraction of sp³-hybridized carbons (Fsp3) is 0.273. The van der Waals surface area contributed by atoms with Gasteiger partial charge < -0.3 is 14.2 Å². The first-order valence-corrected chi connectivity index (χ1v) is 8.52. The maximum Gasteiger partial charge on any atom is 0.169 e. The van der Waals surface area contributed by atoms with Crippen LogP contribution in [0.3, 0.4) is 0 Å². The Balaban J connectivity index is 2.30. The molecule has 0 aliphatic carbocycles. The topological polar surface area (TPSA) is 27.7 Å². The summed E-state index contributed by atoms with van der Waals surface area (Å²) in [5.41, 5.74) is 2.07. The highest BCUT2D eigenvalue weighted by atomic mass is 16.5. The van der Waals surface area contributed by atoms with Crippen molar-refractivity contribution in [3.05, 3.63) is 71.8 Å². The second kappa shape index (κ2) is 9.58. The van der Waals surface area contributed by atoms with Crippen LogP contribution in [0.1, 0.15) is 25.0 Å². The number of aryl methyl sites for hydroxylation is 2. The standard InChI is InChI=1S/C22H26O3/c1-5-7-15-23-21-17(3)11-9-13-19(21)25-20-14-10-12-18(4)22(20)24-16-8-6-2/h5-14H,15-16H2,1-4H3. The fourth-order valence-corrected chi connectivity index (χ4v) is 2.36. The van der Waals surface area contributed by atoms with Crippen LogP contribution in [0, 0.1) is 13.8 Å². The smallest absolute Gasteiger partial charge is 0.169 e. The van der Waals surface area contributed by atoms with Gasteiger partial charge in [0.2, 0.25) is 0 Å².